The maximum atomic E-state index is 5.10. The highest BCUT2D eigenvalue weighted by Gasteiger charge is 2.09. The van der Waals surface area contributed by atoms with Gasteiger partial charge in [0.05, 0.1) is 18.8 Å². The highest BCUT2D eigenvalue weighted by molar-refractivity contribution is 7.11. The van der Waals surface area contributed by atoms with E-state index in [4.69, 9.17) is 4.74 Å². The largest absolute Gasteiger partial charge is 0.481 e. The van der Waals surface area contributed by atoms with Crippen molar-refractivity contribution in [3.05, 3.63) is 40.0 Å². The Balaban J connectivity index is 1.94. The number of aryl methyl sites for hydroxylation is 1. The summed E-state index contributed by atoms with van der Waals surface area (Å²) in [5.74, 6) is 0.645. The maximum Gasteiger partial charge on any atom is 0.213 e. The van der Waals surface area contributed by atoms with Crippen LogP contribution in [0.2, 0.25) is 0 Å². The van der Waals surface area contributed by atoms with Gasteiger partial charge >= 0.3 is 0 Å². The van der Waals surface area contributed by atoms with Crippen molar-refractivity contribution < 1.29 is 4.74 Å². The van der Waals surface area contributed by atoms with Crippen molar-refractivity contribution in [3.8, 4) is 5.88 Å². The number of pyridine rings is 1. The van der Waals surface area contributed by atoms with Crippen LogP contribution >= 0.6 is 11.3 Å². The molecule has 0 spiro atoms. The average molecular weight is 263 g/mol. The molecule has 1 atom stereocenters. The third kappa shape index (κ3) is 3.27. The summed E-state index contributed by atoms with van der Waals surface area (Å²) in [7, 11) is 1.63. The first-order valence-corrected chi connectivity index (χ1v) is 6.66. The summed E-state index contributed by atoms with van der Waals surface area (Å²) < 4.78 is 5.10. The predicted molar refractivity (Wildman–Crippen MR) is 72.9 cm³/mol. The second-order valence-electron chi connectivity index (χ2n) is 4.08. The van der Waals surface area contributed by atoms with Gasteiger partial charge in [-0.05, 0) is 19.9 Å². The molecule has 0 saturated heterocycles. The van der Waals surface area contributed by atoms with Gasteiger partial charge in [0.1, 0.15) is 5.01 Å². The SMILES string of the molecule is COc1cccc(CNC(C)c2ncc(C)s2)n1. The first-order valence-electron chi connectivity index (χ1n) is 5.84. The molecule has 1 N–H and O–H groups in total. The molecule has 0 saturated carbocycles. The summed E-state index contributed by atoms with van der Waals surface area (Å²) in [6.45, 7) is 4.88. The standard InChI is InChI=1S/C13H17N3OS/c1-9-7-15-13(18-9)10(2)14-8-11-5-4-6-12(16-11)17-3/h4-7,10,14H,8H2,1-3H3. The predicted octanol–water partition coefficient (Wildman–Crippen LogP) is 2.71. The Morgan fingerprint density at radius 2 is 2.28 bits per heavy atom. The van der Waals surface area contributed by atoms with E-state index in [2.05, 4.69) is 29.1 Å². The first kappa shape index (κ1) is 13.0. The molecule has 0 aliphatic heterocycles. The first-order chi connectivity index (χ1) is 8.69. The molecule has 0 aliphatic rings. The molecule has 5 heteroatoms. The van der Waals surface area contributed by atoms with Gasteiger partial charge in [0.15, 0.2) is 0 Å². The summed E-state index contributed by atoms with van der Waals surface area (Å²) in [6, 6.07) is 6.00. The minimum absolute atomic E-state index is 0.233. The molecule has 18 heavy (non-hydrogen) atoms. The van der Waals surface area contributed by atoms with E-state index >= 15 is 0 Å². The zero-order valence-corrected chi connectivity index (χ0v) is 11.6. The van der Waals surface area contributed by atoms with E-state index in [-0.39, 0.29) is 6.04 Å². The Bertz CT molecular complexity index is 512. The topological polar surface area (TPSA) is 47.0 Å². The van der Waals surface area contributed by atoms with Crippen LogP contribution < -0.4 is 10.1 Å². The van der Waals surface area contributed by atoms with Crippen molar-refractivity contribution in [3.63, 3.8) is 0 Å². The lowest BCUT2D eigenvalue weighted by Gasteiger charge is -2.11. The zero-order valence-electron chi connectivity index (χ0n) is 10.8. The van der Waals surface area contributed by atoms with Crippen LogP contribution in [0.15, 0.2) is 24.4 Å². The number of hydrogen-bond donors (Lipinski definition) is 1. The van der Waals surface area contributed by atoms with Gasteiger partial charge in [0.25, 0.3) is 0 Å². The molecular formula is C13H17N3OS. The van der Waals surface area contributed by atoms with Crippen LogP contribution in [0.5, 0.6) is 5.88 Å². The van der Waals surface area contributed by atoms with Crippen LogP contribution in [0.25, 0.3) is 0 Å². The maximum absolute atomic E-state index is 5.10. The van der Waals surface area contributed by atoms with Gasteiger partial charge < -0.3 is 10.1 Å². The minimum atomic E-state index is 0.233. The zero-order chi connectivity index (χ0) is 13.0. The molecule has 2 rings (SSSR count). The van der Waals surface area contributed by atoms with Gasteiger partial charge in [-0.1, -0.05) is 6.07 Å². The van der Waals surface area contributed by atoms with E-state index in [0.717, 1.165) is 10.7 Å². The number of methoxy groups -OCH3 is 1. The molecule has 96 valence electrons. The number of nitrogens with one attached hydrogen (secondary N) is 1. The lowest BCUT2D eigenvalue weighted by atomic mass is 10.3. The molecule has 1 unspecified atom stereocenters. The van der Waals surface area contributed by atoms with Crippen molar-refractivity contribution in [2.75, 3.05) is 7.11 Å². The van der Waals surface area contributed by atoms with Crippen molar-refractivity contribution in [1.82, 2.24) is 15.3 Å². The number of rotatable bonds is 5. The van der Waals surface area contributed by atoms with E-state index in [0.29, 0.717) is 12.4 Å². The van der Waals surface area contributed by atoms with E-state index in [9.17, 15) is 0 Å². The van der Waals surface area contributed by atoms with E-state index in [1.54, 1.807) is 18.4 Å². The summed E-state index contributed by atoms with van der Waals surface area (Å²) >= 11 is 1.72. The Hall–Kier alpha value is -1.46. The van der Waals surface area contributed by atoms with Crippen molar-refractivity contribution in [2.45, 2.75) is 26.4 Å². The third-order valence-corrected chi connectivity index (χ3v) is 3.68. The second-order valence-corrected chi connectivity index (χ2v) is 5.35. The average Bonchev–Trinajstić information content (AvgIpc) is 2.83. The molecule has 2 aromatic rings. The second kappa shape index (κ2) is 5.93. The van der Waals surface area contributed by atoms with Crippen LogP contribution in [0.3, 0.4) is 0 Å². The monoisotopic (exact) mass is 263 g/mol. The number of ether oxygens (including phenoxy) is 1. The molecule has 0 fully saturated rings. The molecule has 0 radical (unpaired) electrons. The number of hydrogen-bond acceptors (Lipinski definition) is 5. The van der Waals surface area contributed by atoms with Crippen LogP contribution in [0.4, 0.5) is 0 Å². The van der Waals surface area contributed by atoms with Gasteiger partial charge in [-0.25, -0.2) is 9.97 Å². The summed E-state index contributed by atoms with van der Waals surface area (Å²) in [5, 5.41) is 4.52. The Morgan fingerprint density at radius 1 is 1.44 bits per heavy atom. The summed E-state index contributed by atoms with van der Waals surface area (Å²) in [5.41, 5.74) is 0.967. The molecule has 0 aliphatic carbocycles. The fourth-order valence-corrected chi connectivity index (χ4v) is 2.39. The van der Waals surface area contributed by atoms with Crippen molar-refractivity contribution >= 4 is 11.3 Å². The fraction of sp³-hybridized carbons (Fsp3) is 0.385. The van der Waals surface area contributed by atoms with Crippen LogP contribution in [-0.4, -0.2) is 17.1 Å². The van der Waals surface area contributed by atoms with Crippen LogP contribution in [0.1, 0.15) is 28.5 Å². The molecule has 0 aromatic carbocycles. The fourth-order valence-electron chi connectivity index (χ4n) is 1.59. The number of aromatic nitrogens is 2. The van der Waals surface area contributed by atoms with Gasteiger partial charge in [-0.3, -0.25) is 0 Å². The quantitative estimate of drug-likeness (QED) is 0.901. The summed E-state index contributed by atoms with van der Waals surface area (Å²) in [4.78, 5) is 9.97. The van der Waals surface area contributed by atoms with Gasteiger partial charge in [0.2, 0.25) is 5.88 Å². The highest BCUT2D eigenvalue weighted by Crippen LogP contribution is 2.19. The van der Waals surface area contributed by atoms with Crippen molar-refractivity contribution in [1.29, 1.82) is 0 Å². The van der Waals surface area contributed by atoms with Gasteiger partial charge in [-0.15, -0.1) is 11.3 Å². The highest BCUT2D eigenvalue weighted by atomic mass is 32.1. The smallest absolute Gasteiger partial charge is 0.213 e. The minimum Gasteiger partial charge on any atom is -0.481 e. The number of nitrogens with zero attached hydrogens (tertiary/aromatic N) is 2. The van der Waals surface area contributed by atoms with Crippen LogP contribution in [-0.2, 0) is 6.54 Å². The third-order valence-electron chi connectivity index (χ3n) is 2.59. The molecule has 0 bridgehead atoms. The van der Waals surface area contributed by atoms with Gasteiger partial charge in [0, 0.05) is 23.7 Å². The normalized spacial score (nSPS) is 12.4. The van der Waals surface area contributed by atoms with E-state index in [1.807, 2.05) is 24.4 Å². The molecular weight excluding hydrogens is 246 g/mol. The summed E-state index contributed by atoms with van der Waals surface area (Å²) in [6.07, 6.45) is 1.90. The van der Waals surface area contributed by atoms with E-state index < -0.39 is 0 Å². The molecule has 2 heterocycles. The number of thiazole rings is 1. The Kier molecular flexibility index (Phi) is 4.28. The van der Waals surface area contributed by atoms with Gasteiger partial charge in [-0.2, -0.15) is 0 Å². The molecule has 4 nitrogen and oxygen atoms in total. The van der Waals surface area contributed by atoms with Crippen LogP contribution in [0, 0.1) is 6.92 Å². The van der Waals surface area contributed by atoms with Crippen molar-refractivity contribution in [2.24, 2.45) is 0 Å². The lowest BCUT2D eigenvalue weighted by molar-refractivity contribution is 0.395. The molecule has 2 aromatic heterocycles. The Morgan fingerprint density at radius 3 is 2.94 bits per heavy atom. The van der Waals surface area contributed by atoms with E-state index in [1.165, 1.54) is 4.88 Å². The Labute approximate surface area is 111 Å². The lowest BCUT2D eigenvalue weighted by Crippen LogP contribution is -2.18. The molecule has 0 amide bonds.